The first-order valence-corrected chi connectivity index (χ1v) is 8.61. The van der Waals surface area contributed by atoms with Crippen LogP contribution in [0.1, 0.15) is 48.4 Å². The zero-order chi connectivity index (χ0) is 17.1. The fourth-order valence-electron chi connectivity index (χ4n) is 3.40. The first kappa shape index (κ1) is 17.0. The van der Waals surface area contributed by atoms with Crippen LogP contribution in [-0.4, -0.2) is 54.2 Å². The Morgan fingerprint density at radius 1 is 1.33 bits per heavy atom. The molecule has 1 aromatic rings. The second kappa shape index (κ2) is 7.34. The van der Waals surface area contributed by atoms with Crippen molar-refractivity contribution in [2.24, 2.45) is 5.92 Å². The summed E-state index contributed by atoms with van der Waals surface area (Å²) < 4.78 is 9.76. The van der Waals surface area contributed by atoms with Crippen LogP contribution in [0.15, 0.2) is 10.6 Å². The van der Waals surface area contributed by atoms with Crippen LogP contribution in [0.25, 0.3) is 0 Å². The summed E-state index contributed by atoms with van der Waals surface area (Å²) in [6.45, 7) is 3.33. The van der Waals surface area contributed by atoms with E-state index in [1.165, 1.54) is 20.0 Å². The van der Waals surface area contributed by atoms with Crippen molar-refractivity contribution in [3.8, 4) is 0 Å². The van der Waals surface area contributed by atoms with E-state index in [2.05, 4.69) is 15.4 Å². The van der Waals surface area contributed by atoms with Crippen molar-refractivity contribution in [3.05, 3.63) is 17.5 Å². The van der Waals surface area contributed by atoms with Crippen molar-refractivity contribution >= 4 is 11.9 Å². The topological polar surface area (TPSA) is 84.7 Å². The van der Waals surface area contributed by atoms with Crippen molar-refractivity contribution in [3.63, 3.8) is 0 Å². The molecule has 24 heavy (non-hydrogen) atoms. The molecule has 0 unspecified atom stereocenters. The summed E-state index contributed by atoms with van der Waals surface area (Å²) in [4.78, 5) is 26.2. The molecule has 1 aromatic heterocycles. The summed E-state index contributed by atoms with van der Waals surface area (Å²) in [6, 6.07) is 2.11. The summed E-state index contributed by atoms with van der Waals surface area (Å²) in [5.41, 5.74) is 0.311. The molecule has 7 nitrogen and oxygen atoms in total. The van der Waals surface area contributed by atoms with E-state index in [-0.39, 0.29) is 24.0 Å². The minimum atomic E-state index is -0.213. The van der Waals surface area contributed by atoms with Gasteiger partial charge in [-0.2, -0.15) is 0 Å². The number of aromatic nitrogens is 1. The van der Waals surface area contributed by atoms with Gasteiger partial charge in [-0.15, -0.1) is 0 Å². The molecule has 1 aliphatic carbocycles. The van der Waals surface area contributed by atoms with E-state index < -0.39 is 0 Å². The lowest BCUT2D eigenvalue weighted by molar-refractivity contribution is -0.141. The highest BCUT2D eigenvalue weighted by Gasteiger charge is 2.38. The molecular weight excluding hydrogens is 310 g/mol. The quantitative estimate of drug-likeness (QED) is 0.761. The molecule has 0 spiro atoms. The molecule has 1 saturated heterocycles. The van der Waals surface area contributed by atoms with Gasteiger partial charge in [0.1, 0.15) is 5.76 Å². The van der Waals surface area contributed by atoms with Gasteiger partial charge in [0.2, 0.25) is 0 Å². The molecule has 1 aliphatic heterocycles. The Hall–Kier alpha value is -1.89. The Balaban J connectivity index is 1.56. The average molecular weight is 335 g/mol. The van der Waals surface area contributed by atoms with Gasteiger partial charge < -0.3 is 14.6 Å². The van der Waals surface area contributed by atoms with E-state index in [9.17, 15) is 9.59 Å². The number of carbonyl (C=O) groups excluding carboxylic acids is 2. The molecule has 132 valence electrons. The van der Waals surface area contributed by atoms with Crippen molar-refractivity contribution < 1.29 is 18.8 Å². The largest absolute Gasteiger partial charge is 0.469 e. The van der Waals surface area contributed by atoms with Crippen LogP contribution in [0.2, 0.25) is 0 Å². The van der Waals surface area contributed by atoms with E-state index in [4.69, 9.17) is 9.26 Å². The van der Waals surface area contributed by atoms with E-state index in [1.54, 1.807) is 13.0 Å². The highest BCUT2D eigenvalue weighted by Crippen LogP contribution is 2.35. The Morgan fingerprint density at radius 3 is 2.71 bits per heavy atom. The number of carbonyl (C=O) groups is 2. The van der Waals surface area contributed by atoms with Crippen LogP contribution in [0.3, 0.4) is 0 Å². The fraction of sp³-hybridized carbons (Fsp3) is 0.706. The summed E-state index contributed by atoms with van der Waals surface area (Å²) >= 11 is 0. The molecule has 2 fully saturated rings. The van der Waals surface area contributed by atoms with Crippen LogP contribution >= 0.6 is 0 Å². The van der Waals surface area contributed by atoms with Gasteiger partial charge in [0.15, 0.2) is 5.69 Å². The second-order valence-corrected chi connectivity index (χ2v) is 6.84. The monoisotopic (exact) mass is 335 g/mol. The van der Waals surface area contributed by atoms with Gasteiger partial charge in [-0.05, 0) is 38.5 Å². The molecular formula is C17H25N3O4. The Morgan fingerprint density at radius 2 is 2.08 bits per heavy atom. The molecule has 1 N–H and O–H groups in total. The third-order valence-electron chi connectivity index (χ3n) is 4.93. The third kappa shape index (κ3) is 4.14. The van der Waals surface area contributed by atoms with Crippen LogP contribution < -0.4 is 5.32 Å². The lowest BCUT2D eigenvalue weighted by Gasteiger charge is -2.30. The van der Waals surface area contributed by atoms with E-state index >= 15 is 0 Å². The van der Waals surface area contributed by atoms with Gasteiger partial charge in [-0.1, -0.05) is 5.16 Å². The van der Waals surface area contributed by atoms with Crippen molar-refractivity contribution in [1.82, 2.24) is 15.4 Å². The van der Waals surface area contributed by atoms with Gasteiger partial charge in [-0.25, -0.2) is 0 Å². The highest BCUT2D eigenvalue weighted by atomic mass is 16.5. The van der Waals surface area contributed by atoms with Gasteiger partial charge in [0, 0.05) is 31.2 Å². The SMILES string of the molecule is COC(=O)C[C@H]1CC[C@@H](CNC(=O)c2cc(C)on2)N1CC1CC1. The number of methoxy groups -OCH3 is 1. The molecule has 2 heterocycles. The number of amides is 1. The maximum absolute atomic E-state index is 12.1. The Bertz CT molecular complexity index is 596. The molecule has 7 heteroatoms. The number of esters is 1. The van der Waals surface area contributed by atoms with Gasteiger partial charge in [-0.3, -0.25) is 14.5 Å². The maximum atomic E-state index is 12.1. The lowest BCUT2D eigenvalue weighted by atomic mass is 10.1. The van der Waals surface area contributed by atoms with E-state index in [0.717, 1.165) is 25.3 Å². The summed E-state index contributed by atoms with van der Waals surface area (Å²) in [5, 5.41) is 6.69. The number of nitrogens with zero attached hydrogens (tertiary/aromatic N) is 2. The van der Waals surface area contributed by atoms with Gasteiger partial charge in [0.25, 0.3) is 5.91 Å². The lowest BCUT2D eigenvalue weighted by Crippen LogP contribution is -2.44. The van der Waals surface area contributed by atoms with Crippen LogP contribution in [0.4, 0.5) is 0 Å². The molecule has 3 rings (SSSR count). The number of likely N-dealkylation sites (tertiary alicyclic amines) is 1. The van der Waals surface area contributed by atoms with Gasteiger partial charge >= 0.3 is 5.97 Å². The minimum Gasteiger partial charge on any atom is -0.469 e. The number of aryl methyl sites for hydroxylation is 1. The van der Waals surface area contributed by atoms with Crippen molar-refractivity contribution in [1.29, 1.82) is 0 Å². The average Bonchev–Trinajstić information content (AvgIpc) is 3.17. The molecule has 1 saturated carbocycles. The molecule has 0 aromatic carbocycles. The molecule has 1 amide bonds. The predicted molar refractivity (Wildman–Crippen MR) is 86.4 cm³/mol. The number of rotatable bonds is 7. The predicted octanol–water partition coefficient (Wildman–Crippen LogP) is 1.52. The number of nitrogens with one attached hydrogen (secondary N) is 1. The molecule has 0 radical (unpaired) electrons. The first-order valence-electron chi connectivity index (χ1n) is 8.61. The first-order chi connectivity index (χ1) is 11.6. The maximum Gasteiger partial charge on any atom is 0.307 e. The zero-order valence-electron chi connectivity index (χ0n) is 14.3. The second-order valence-electron chi connectivity index (χ2n) is 6.84. The highest BCUT2D eigenvalue weighted by molar-refractivity contribution is 5.92. The third-order valence-corrected chi connectivity index (χ3v) is 4.93. The smallest absolute Gasteiger partial charge is 0.307 e. The Kier molecular flexibility index (Phi) is 5.18. The summed E-state index contributed by atoms with van der Waals surface area (Å²) in [5.74, 6) is 0.979. The zero-order valence-corrected chi connectivity index (χ0v) is 14.3. The van der Waals surface area contributed by atoms with E-state index in [0.29, 0.717) is 24.4 Å². The number of hydrogen-bond donors (Lipinski definition) is 1. The Labute approximate surface area is 141 Å². The van der Waals surface area contributed by atoms with Crippen LogP contribution in [-0.2, 0) is 9.53 Å². The van der Waals surface area contributed by atoms with Crippen molar-refractivity contribution in [2.75, 3.05) is 20.2 Å². The van der Waals surface area contributed by atoms with Crippen LogP contribution in [0, 0.1) is 12.8 Å². The molecule has 2 atom stereocenters. The summed E-state index contributed by atoms with van der Waals surface area (Å²) in [7, 11) is 1.43. The molecule has 2 aliphatic rings. The standard InChI is InChI=1S/C17H25N3O4/c1-11-7-15(19-24-11)17(22)18-9-14-6-5-13(8-16(21)23-2)20(14)10-12-3-4-12/h7,12-14H,3-6,8-10H2,1-2H3,(H,18,22)/t13-,14+/m1/s1. The number of hydrogen-bond acceptors (Lipinski definition) is 6. The number of ether oxygens (including phenoxy) is 1. The summed E-state index contributed by atoms with van der Waals surface area (Å²) in [6.07, 6.45) is 4.89. The minimum absolute atomic E-state index is 0.163. The molecule has 0 bridgehead atoms. The van der Waals surface area contributed by atoms with Crippen molar-refractivity contribution in [2.45, 2.75) is 51.1 Å². The fourth-order valence-corrected chi connectivity index (χ4v) is 3.40. The van der Waals surface area contributed by atoms with E-state index in [1.807, 2.05) is 0 Å². The normalized spacial score (nSPS) is 24.1. The van der Waals surface area contributed by atoms with Gasteiger partial charge in [0.05, 0.1) is 13.5 Å². The van der Waals surface area contributed by atoms with Crippen LogP contribution in [0.5, 0.6) is 0 Å².